The molecule has 6 nitrogen and oxygen atoms in total. The van der Waals surface area contributed by atoms with Gasteiger partial charge in [-0.05, 0) is 13.0 Å². The normalized spacial score (nSPS) is 12.8. The number of alkyl halides is 3. The number of rotatable bonds is 4. The number of halogens is 3. The number of aromatic nitrogens is 3. The molecule has 0 amide bonds. The fourth-order valence-corrected chi connectivity index (χ4v) is 1.40. The SMILES string of the molecule is C[C@@H](Oc1ccc(-c2cnc(NN)cn2)cn1)C(F)(F)F. The van der Waals surface area contributed by atoms with E-state index in [1.54, 1.807) is 6.07 Å². The number of hydrogen-bond acceptors (Lipinski definition) is 6. The molecule has 0 radical (unpaired) electrons. The van der Waals surface area contributed by atoms with Crippen LogP contribution < -0.4 is 16.0 Å². The Hall–Kier alpha value is -2.42. The van der Waals surface area contributed by atoms with Crippen LogP contribution in [0.15, 0.2) is 30.7 Å². The van der Waals surface area contributed by atoms with Crippen LogP contribution in [0.4, 0.5) is 19.0 Å². The van der Waals surface area contributed by atoms with E-state index in [0.717, 1.165) is 6.92 Å². The van der Waals surface area contributed by atoms with Crippen LogP contribution in [0.3, 0.4) is 0 Å². The molecule has 112 valence electrons. The summed E-state index contributed by atoms with van der Waals surface area (Å²) in [6.07, 6.45) is -2.11. The van der Waals surface area contributed by atoms with Gasteiger partial charge in [0.15, 0.2) is 11.9 Å². The van der Waals surface area contributed by atoms with Crippen LogP contribution in [-0.4, -0.2) is 27.2 Å². The van der Waals surface area contributed by atoms with Crippen molar-refractivity contribution in [1.29, 1.82) is 0 Å². The Morgan fingerprint density at radius 1 is 1.14 bits per heavy atom. The third-order valence-corrected chi connectivity index (χ3v) is 2.59. The molecule has 0 unspecified atom stereocenters. The minimum atomic E-state index is -4.43. The molecule has 0 spiro atoms. The zero-order valence-electron chi connectivity index (χ0n) is 10.9. The van der Waals surface area contributed by atoms with E-state index in [-0.39, 0.29) is 5.88 Å². The Bertz CT molecular complexity index is 585. The maximum absolute atomic E-state index is 12.4. The van der Waals surface area contributed by atoms with Crippen molar-refractivity contribution in [2.24, 2.45) is 5.84 Å². The average Bonchev–Trinajstić information content (AvgIpc) is 2.47. The largest absolute Gasteiger partial charge is 0.465 e. The maximum Gasteiger partial charge on any atom is 0.425 e. The number of nitrogen functional groups attached to an aromatic ring is 1. The molecular weight excluding hydrogens is 287 g/mol. The van der Waals surface area contributed by atoms with Crippen LogP contribution in [0.2, 0.25) is 0 Å². The van der Waals surface area contributed by atoms with Crippen LogP contribution in [0.1, 0.15) is 6.92 Å². The molecule has 21 heavy (non-hydrogen) atoms. The summed E-state index contributed by atoms with van der Waals surface area (Å²) in [5, 5.41) is 0. The molecule has 0 aliphatic carbocycles. The maximum atomic E-state index is 12.4. The summed E-state index contributed by atoms with van der Waals surface area (Å²) in [5.41, 5.74) is 3.44. The lowest BCUT2D eigenvalue weighted by molar-refractivity contribution is -0.189. The van der Waals surface area contributed by atoms with E-state index in [2.05, 4.69) is 20.4 Å². The average molecular weight is 299 g/mol. The van der Waals surface area contributed by atoms with Gasteiger partial charge in [0, 0.05) is 17.8 Å². The van der Waals surface area contributed by atoms with Crippen molar-refractivity contribution in [3.05, 3.63) is 30.7 Å². The predicted octanol–water partition coefficient (Wildman–Crippen LogP) is 2.15. The topological polar surface area (TPSA) is 86.0 Å². The molecule has 2 aromatic heterocycles. The van der Waals surface area contributed by atoms with Gasteiger partial charge in [0.2, 0.25) is 5.88 Å². The van der Waals surface area contributed by atoms with Gasteiger partial charge in [-0.3, -0.25) is 4.98 Å². The van der Waals surface area contributed by atoms with Gasteiger partial charge >= 0.3 is 6.18 Å². The second kappa shape index (κ2) is 5.92. The molecule has 9 heteroatoms. The molecule has 0 aromatic carbocycles. The van der Waals surface area contributed by atoms with Gasteiger partial charge in [-0.1, -0.05) is 0 Å². The van der Waals surface area contributed by atoms with E-state index < -0.39 is 12.3 Å². The highest BCUT2D eigenvalue weighted by Crippen LogP contribution is 2.25. The van der Waals surface area contributed by atoms with Crippen molar-refractivity contribution in [2.45, 2.75) is 19.2 Å². The van der Waals surface area contributed by atoms with E-state index in [4.69, 9.17) is 10.6 Å². The minimum Gasteiger partial charge on any atom is -0.465 e. The van der Waals surface area contributed by atoms with E-state index in [0.29, 0.717) is 17.1 Å². The first-order chi connectivity index (χ1) is 9.90. The Morgan fingerprint density at radius 3 is 2.38 bits per heavy atom. The third kappa shape index (κ3) is 3.78. The number of ether oxygens (including phenoxy) is 1. The second-order valence-corrected chi connectivity index (χ2v) is 4.12. The van der Waals surface area contributed by atoms with Gasteiger partial charge in [-0.2, -0.15) is 13.2 Å². The molecule has 2 heterocycles. The third-order valence-electron chi connectivity index (χ3n) is 2.59. The standard InChI is InChI=1S/C12H12F3N5O/c1-7(12(13,14)15)21-11-3-2-8(4-19-11)9-5-18-10(20-16)6-17-9/h2-7H,16H2,1H3,(H,18,20)/t7-/m1/s1. The van der Waals surface area contributed by atoms with Crippen LogP contribution in [0.25, 0.3) is 11.3 Å². The summed E-state index contributed by atoms with van der Waals surface area (Å²) in [5.74, 6) is 5.45. The fourth-order valence-electron chi connectivity index (χ4n) is 1.40. The van der Waals surface area contributed by atoms with Crippen molar-refractivity contribution in [3.8, 4) is 17.1 Å². The van der Waals surface area contributed by atoms with Gasteiger partial charge < -0.3 is 10.2 Å². The van der Waals surface area contributed by atoms with E-state index in [1.165, 1.54) is 24.7 Å². The number of nitrogens with two attached hydrogens (primary N) is 1. The van der Waals surface area contributed by atoms with Crippen LogP contribution in [0.5, 0.6) is 5.88 Å². The van der Waals surface area contributed by atoms with Gasteiger partial charge in [0.1, 0.15) is 0 Å². The summed E-state index contributed by atoms with van der Waals surface area (Å²) in [4.78, 5) is 11.9. The second-order valence-electron chi connectivity index (χ2n) is 4.12. The van der Waals surface area contributed by atoms with Crippen molar-refractivity contribution in [1.82, 2.24) is 15.0 Å². The van der Waals surface area contributed by atoms with Crippen molar-refractivity contribution in [3.63, 3.8) is 0 Å². The molecule has 3 N–H and O–H groups in total. The quantitative estimate of drug-likeness (QED) is 0.664. The lowest BCUT2D eigenvalue weighted by atomic mass is 10.2. The highest BCUT2D eigenvalue weighted by molar-refractivity contribution is 5.57. The Balaban J connectivity index is 2.11. The summed E-state index contributed by atoms with van der Waals surface area (Å²) < 4.78 is 41.8. The molecule has 1 atom stereocenters. The van der Waals surface area contributed by atoms with Crippen molar-refractivity contribution >= 4 is 5.82 Å². The number of nitrogens with zero attached hydrogens (tertiary/aromatic N) is 3. The van der Waals surface area contributed by atoms with Crippen molar-refractivity contribution < 1.29 is 17.9 Å². The summed E-state index contributed by atoms with van der Waals surface area (Å²) in [6, 6.07) is 2.89. The number of hydrazine groups is 1. The van der Waals surface area contributed by atoms with Gasteiger partial charge in [-0.15, -0.1) is 0 Å². The van der Waals surface area contributed by atoms with Crippen LogP contribution in [0, 0.1) is 0 Å². The summed E-state index contributed by atoms with van der Waals surface area (Å²) >= 11 is 0. The van der Waals surface area contributed by atoms with E-state index >= 15 is 0 Å². The molecule has 0 fully saturated rings. The van der Waals surface area contributed by atoms with Crippen LogP contribution in [-0.2, 0) is 0 Å². The van der Waals surface area contributed by atoms with E-state index in [1.807, 2.05) is 0 Å². The van der Waals surface area contributed by atoms with Gasteiger partial charge in [0.25, 0.3) is 0 Å². The Kier molecular flexibility index (Phi) is 4.22. The van der Waals surface area contributed by atoms with Gasteiger partial charge in [0.05, 0.1) is 18.1 Å². The monoisotopic (exact) mass is 299 g/mol. The number of hydrogen-bond donors (Lipinski definition) is 2. The Morgan fingerprint density at radius 2 is 1.90 bits per heavy atom. The molecule has 2 aromatic rings. The highest BCUT2D eigenvalue weighted by atomic mass is 19.4. The van der Waals surface area contributed by atoms with Crippen LogP contribution >= 0.6 is 0 Å². The summed E-state index contributed by atoms with van der Waals surface area (Å²) in [6.45, 7) is 0.916. The first-order valence-corrected chi connectivity index (χ1v) is 5.88. The zero-order valence-corrected chi connectivity index (χ0v) is 10.9. The smallest absolute Gasteiger partial charge is 0.425 e. The minimum absolute atomic E-state index is 0.114. The first kappa shape index (κ1) is 15.0. The number of pyridine rings is 1. The molecule has 0 bridgehead atoms. The zero-order chi connectivity index (χ0) is 15.5. The van der Waals surface area contributed by atoms with Crippen molar-refractivity contribution in [2.75, 3.05) is 5.43 Å². The number of anilines is 1. The molecule has 0 saturated carbocycles. The molecular formula is C12H12F3N5O. The van der Waals surface area contributed by atoms with E-state index in [9.17, 15) is 13.2 Å². The summed E-state index contributed by atoms with van der Waals surface area (Å²) in [7, 11) is 0. The van der Waals surface area contributed by atoms with Gasteiger partial charge in [-0.25, -0.2) is 15.8 Å². The molecule has 2 rings (SSSR count). The number of nitrogens with one attached hydrogen (secondary N) is 1. The molecule has 0 aliphatic rings. The lowest BCUT2D eigenvalue weighted by Crippen LogP contribution is -2.31. The fraction of sp³-hybridized carbons (Fsp3) is 0.250. The predicted molar refractivity (Wildman–Crippen MR) is 69.2 cm³/mol. The first-order valence-electron chi connectivity index (χ1n) is 5.88. The highest BCUT2D eigenvalue weighted by Gasteiger charge is 2.38. The lowest BCUT2D eigenvalue weighted by Gasteiger charge is -2.16. The Labute approximate surface area is 118 Å². The molecule has 0 aliphatic heterocycles. The molecule has 0 saturated heterocycles.